The first kappa shape index (κ1) is 64.0. The van der Waals surface area contributed by atoms with Gasteiger partial charge in [0.15, 0.2) is 25.2 Å². The normalized spacial score (nSPS) is 54.8. The minimum Gasteiger partial charge on any atom is -0.432 e. The highest BCUT2D eigenvalue weighted by atomic mass is 16.8. The fourth-order valence-corrected chi connectivity index (χ4v) is 16.9. The van der Waals surface area contributed by atoms with E-state index in [1.165, 1.54) is 6.92 Å². The number of rotatable bonds is 13. The molecular weight excluding hydrogens is 1100 g/mol. The SMILES string of the molecule is C=C1CC[C@]2(C(=O)O[C@@H]3O[C@H](CO[C@@H]4O[C@H](CO)[C@@H](O)[C@H](O)[C@H]4O)[C@@H](O)[C@H](O)[C@H]3O)CC[C@]3(C)C(=CC[C@@H]4[C@@]5(C)CC[C@H](O[C@@H]6OC[C@H](O)[C@H](O[C@@H]7OC[C@@H](O)[C@H](O)[C@H]7O)[C@H]6O[C@@H]6O[C@@H](C)[C@H](O)[C@@H](O)[C@H]6O)[C@@](C)(CO)[C@@H]5CC[C@]43C)[C@@H]2C1. The first-order valence-corrected chi connectivity index (χ1v) is 29.5. The van der Waals surface area contributed by atoms with Crippen molar-refractivity contribution in [1.29, 1.82) is 0 Å². The molecule has 0 spiro atoms. The minimum absolute atomic E-state index is 0.0702. The van der Waals surface area contributed by atoms with Gasteiger partial charge < -0.3 is 124 Å². The van der Waals surface area contributed by atoms with Crippen LogP contribution >= 0.6 is 0 Å². The molecule has 15 N–H and O–H groups in total. The van der Waals surface area contributed by atoms with Crippen LogP contribution in [0.2, 0.25) is 0 Å². The smallest absolute Gasteiger partial charge is 0.315 e. The van der Waals surface area contributed by atoms with Crippen molar-refractivity contribution in [2.24, 2.45) is 44.8 Å². The molecule has 0 aromatic rings. The molecule has 474 valence electrons. The summed E-state index contributed by atoms with van der Waals surface area (Å²) in [6, 6.07) is 0. The number of fused-ring (bicyclic) bond motifs is 7. The molecule has 5 heterocycles. The van der Waals surface area contributed by atoms with Crippen molar-refractivity contribution in [2.75, 3.05) is 33.0 Å². The third-order valence-corrected chi connectivity index (χ3v) is 22.3. The second-order valence-corrected chi connectivity index (χ2v) is 26.6. The number of carbonyl (C=O) groups excluding carboxylic acids is 1. The number of aliphatic hydroxyl groups excluding tert-OH is 15. The lowest BCUT2D eigenvalue weighted by Gasteiger charge is -2.71. The number of allylic oxidation sites excluding steroid dienone is 3. The molecule has 0 bridgehead atoms. The van der Waals surface area contributed by atoms with Crippen molar-refractivity contribution in [2.45, 2.75) is 246 Å². The van der Waals surface area contributed by atoms with Gasteiger partial charge in [-0.25, -0.2) is 0 Å². The van der Waals surface area contributed by atoms with E-state index >= 15 is 4.79 Å². The Morgan fingerprint density at radius 1 is 0.614 bits per heavy atom. The van der Waals surface area contributed by atoms with E-state index < -0.39 is 189 Å². The number of carbonyl (C=O) groups is 1. The second kappa shape index (κ2) is 24.1. The maximum atomic E-state index is 15.0. The molecule has 83 heavy (non-hydrogen) atoms. The van der Waals surface area contributed by atoms with Crippen molar-refractivity contribution < 1.29 is 129 Å². The summed E-state index contributed by atoms with van der Waals surface area (Å²) in [5.74, 6) is -1.07. The number of esters is 1. The Labute approximate surface area is 481 Å². The van der Waals surface area contributed by atoms with Gasteiger partial charge in [0.1, 0.15) is 104 Å². The first-order valence-electron chi connectivity index (χ1n) is 29.5. The maximum absolute atomic E-state index is 15.0. The molecule has 10 rings (SSSR count). The summed E-state index contributed by atoms with van der Waals surface area (Å²) in [6.45, 7) is 12.4. The van der Waals surface area contributed by atoms with Gasteiger partial charge in [-0.3, -0.25) is 4.79 Å². The van der Waals surface area contributed by atoms with E-state index in [9.17, 15) is 76.6 Å². The zero-order valence-electron chi connectivity index (χ0n) is 47.7. The Hall–Kier alpha value is -2.01. The first-order chi connectivity index (χ1) is 39.1. The summed E-state index contributed by atoms with van der Waals surface area (Å²) in [5.41, 5.74) is -1.10. The Kier molecular flexibility index (Phi) is 18.6. The van der Waals surface area contributed by atoms with Crippen LogP contribution in [0.4, 0.5) is 0 Å². The molecule has 5 aliphatic carbocycles. The Morgan fingerprint density at radius 3 is 1.93 bits per heavy atom. The largest absolute Gasteiger partial charge is 0.432 e. The summed E-state index contributed by atoms with van der Waals surface area (Å²) in [4.78, 5) is 15.0. The minimum atomic E-state index is -1.87. The standard InChI is InChI=1S/C57H90O26/c1-23-9-14-57(52(73)83-50-44(72)40(68)37(65)30(79-50)21-76-47-42(70)39(67)36(64)29(18-58)78-47)16-15-55(5)25(26(57)17-23)7-8-32-53(3)12-11-33(54(4,22-59)31(53)10-13-56(32,55)6)80-51-46(82-49-43(71)38(66)34(62)24(2)77-49)45(28(61)20-75-51)81-48-41(69)35(63)27(60)19-74-48/h7,24,26-51,58-72H,1,8-22H2,2-6H3/t24-,26-,27+,28-,29+,30+,31+,32+,33-,34-,35-,36+,37+,38+,39-,40-,41+,42+,43+,44+,45-,46+,47+,48-,49-,50-,51-,53-,54-,55+,56+,57-/m0/s1. The number of ether oxygens (including phenoxy) is 10. The van der Waals surface area contributed by atoms with Gasteiger partial charge in [-0.1, -0.05) is 51.5 Å². The lowest BCUT2D eigenvalue weighted by Crippen LogP contribution is -2.67. The Bertz CT molecular complexity index is 2330. The molecule has 32 atom stereocenters. The third-order valence-electron chi connectivity index (χ3n) is 22.3. The van der Waals surface area contributed by atoms with Gasteiger partial charge in [0, 0.05) is 11.3 Å². The molecule has 0 unspecified atom stereocenters. The summed E-state index contributed by atoms with van der Waals surface area (Å²) >= 11 is 0. The fraction of sp³-hybridized carbons (Fsp3) is 0.912. The van der Waals surface area contributed by atoms with Crippen LogP contribution in [-0.4, -0.2) is 263 Å². The third kappa shape index (κ3) is 10.7. The highest BCUT2D eigenvalue weighted by Gasteiger charge is 2.70. The van der Waals surface area contributed by atoms with Crippen LogP contribution < -0.4 is 0 Å². The number of hydrogen-bond acceptors (Lipinski definition) is 26. The van der Waals surface area contributed by atoms with Gasteiger partial charge >= 0.3 is 5.97 Å². The topological polar surface area (TPSA) is 413 Å². The van der Waals surface area contributed by atoms with Crippen LogP contribution in [0.15, 0.2) is 23.8 Å². The van der Waals surface area contributed by atoms with E-state index in [2.05, 4.69) is 33.4 Å². The molecule has 5 aliphatic heterocycles. The van der Waals surface area contributed by atoms with Gasteiger partial charge in [-0.2, -0.15) is 0 Å². The Balaban J connectivity index is 0.873. The average molecular weight is 1190 g/mol. The van der Waals surface area contributed by atoms with Crippen LogP contribution in [-0.2, 0) is 52.2 Å². The predicted octanol–water partition coefficient (Wildman–Crippen LogP) is -3.40. The molecule has 10 aliphatic rings. The molecule has 0 amide bonds. The molecule has 0 aromatic heterocycles. The van der Waals surface area contributed by atoms with Gasteiger partial charge in [-0.05, 0) is 99.2 Å². The van der Waals surface area contributed by atoms with E-state index in [0.29, 0.717) is 57.8 Å². The molecule has 0 aromatic carbocycles. The number of aliphatic hydroxyl groups is 15. The zero-order valence-corrected chi connectivity index (χ0v) is 47.7. The van der Waals surface area contributed by atoms with Gasteiger partial charge in [-0.15, -0.1) is 0 Å². The van der Waals surface area contributed by atoms with E-state index in [4.69, 9.17) is 47.4 Å². The number of hydrogen-bond donors (Lipinski definition) is 15. The van der Waals surface area contributed by atoms with Crippen LogP contribution in [0.1, 0.15) is 98.8 Å². The van der Waals surface area contributed by atoms with Crippen molar-refractivity contribution in [1.82, 2.24) is 0 Å². The van der Waals surface area contributed by atoms with Crippen molar-refractivity contribution >= 4 is 5.97 Å². The predicted molar refractivity (Wildman–Crippen MR) is 279 cm³/mol. The van der Waals surface area contributed by atoms with Crippen molar-refractivity contribution in [3.8, 4) is 0 Å². The molecule has 0 radical (unpaired) electrons. The summed E-state index contributed by atoms with van der Waals surface area (Å²) in [6.07, 6.45) is -29.5. The van der Waals surface area contributed by atoms with Crippen LogP contribution in [0.25, 0.3) is 0 Å². The van der Waals surface area contributed by atoms with E-state index in [1.54, 1.807) is 0 Å². The van der Waals surface area contributed by atoms with Crippen LogP contribution in [0.3, 0.4) is 0 Å². The highest BCUT2D eigenvalue weighted by molar-refractivity contribution is 5.79. The van der Waals surface area contributed by atoms with Gasteiger partial charge in [0.05, 0.1) is 50.7 Å². The van der Waals surface area contributed by atoms with E-state index in [0.717, 1.165) is 17.6 Å². The average Bonchev–Trinajstić information content (AvgIpc) is 0.802. The molecule has 26 nitrogen and oxygen atoms in total. The van der Waals surface area contributed by atoms with Crippen molar-refractivity contribution in [3.05, 3.63) is 23.8 Å². The quantitative estimate of drug-likeness (QED) is 0.0485. The second-order valence-electron chi connectivity index (χ2n) is 26.6. The lowest BCUT2D eigenvalue weighted by molar-refractivity contribution is -0.384. The molecule has 9 fully saturated rings. The van der Waals surface area contributed by atoms with Crippen molar-refractivity contribution in [3.63, 3.8) is 0 Å². The summed E-state index contributed by atoms with van der Waals surface area (Å²) in [5, 5.41) is 161. The molecule has 4 saturated carbocycles. The highest BCUT2D eigenvalue weighted by Crippen LogP contribution is 2.75. The monoisotopic (exact) mass is 1190 g/mol. The maximum Gasteiger partial charge on any atom is 0.315 e. The zero-order chi connectivity index (χ0) is 60.2. The van der Waals surface area contributed by atoms with Gasteiger partial charge in [0.25, 0.3) is 0 Å². The lowest BCUT2D eigenvalue weighted by atomic mass is 9.34. The molecule has 5 saturated heterocycles. The summed E-state index contributed by atoms with van der Waals surface area (Å²) < 4.78 is 60.0. The van der Waals surface area contributed by atoms with E-state index in [-0.39, 0.29) is 41.8 Å². The Morgan fingerprint density at radius 2 is 1.23 bits per heavy atom. The molecular formula is C57H90O26. The van der Waals surface area contributed by atoms with Crippen LogP contribution in [0, 0.1) is 44.8 Å². The summed E-state index contributed by atoms with van der Waals surface area (Å²) in [7, 11) is 0. The fourth-order valence-electron chi connectivity index (χ4n) is 16.9. The van der Waals surface area contributed by atoms with Gasteiger partial charge in [0.2, 0.25) is 6.29 Å². The van der Waals surface area contributed by atoms with Crippen LogP contribution in [0.5, 0.6) is 0 Å². The van der Waals surface area contributed by atoms with E-state index in [1.807, 2.05) is 6.92 Å². The molecule has 26 heteroatoms.